The summed E-state index contributed by atoms with van der Waals surface area (Å²) in [6.07, 6.45) is 3.42. The fourth-order valence-corrected chi connectivity index (χ4v) is 3.14. The first-order chi connectivity index (χ1) is 11.1. The molecule has 122 valence electrons. The van der Waals surface area contributed by atoms with Crippen molar-refractivity contribution < 1.29 is 4.79 Å². The second kappa shape index (κ2) is 6.52. The number of nitrogens with one attached hydrogen (secondary N) is 1. The summed E-state index contributed by atoms with van der Waals surface area (Å²) in [5.41, 5.74) is 2.59. The van der Waals surface area contributed by atoms with Crippen LogP contribution in [0.2, 0.25) is 0 Å². The van der Waals surface area contributed by atoms with Crippen LogP contribution in [0.1, 0.15) is 49.2 Å². The van der Waals surface area contributed by atoms with E-state index in [9.17, 15) is 4.79 Å². The standard InChI is InChI=1S/C18H24N4O/c1-12(2)22-11-20-21-17(22)8-9-19-18(23)16-10-15(16)14-7-5-4-6-13(14)3/h4-7,11-12,15-16H,8-10H2,1-3H3,(H,19,23)/t15-,16+/m1/s1. The highest BCUT2D eigenvalue weighted by Crippen LogP contribution is 2.48. The number of aryl methyl sites for hydroxylation is 1. The van der Waals surface area contributed by atoms with E-state index in [0.29, 0.717) is 24.9 Å². The van der Waals surface area contributed by atoms with E-state index in [1.165, 1.54) is 11.1 Å². The SMILES string of the molecule is Cc1ccccc1[C@H]1C[C@@H]1C(=O)NCCc1nncn1C(C)C. The minimum atomic E-state index is 0.124. The van der Waals surface area contributed by atoms with E-state index < -0.39 is 0 Å². The van der Waals surface area contributed by atoms with E-state index in [2.05, 4.69) is 48.4 Å². The van der Waals surface area contributed by atoms with Gasteiger partial charge in [-0.3, -0.25) is 4.79 Å². The smallest absolute Gasteiger partial charge is 0.223 e. The normalized spacial score (nSPS) is 19.8. The minimum Gasteiger partial charge on any atom is -0.355 e. The van der Waals surface area contributed by atoms with Crippen molar-refractivity contribution in [3.05, 3.63) is 47.5 Å². The number of hydrogen-bond donors (Lipinski definition) is 1. The molecule has 1 aromatic heterocycles. The fourth-order valence-electron chi connectivity index (χ4n) is 3.14. The molecule has 23 heavy (non-hydrogen) atoms. The molecule has 1 heterocycles. The van der Waals surface area contributed by atoms with Gasteiger partial charge in [0.1, 0.15) is 12.2 Å². The Morgan fingerprint density at radius 1 is 1.39 bits per heavy atom. The fraction of sp³-hybridized carbons (Fsp3) is 0.500. The molecule has 3 rings (SSSR count). The van der Waals surface area contributed by atoms with Crippen LogP contribution in [0.4, 0.5) is 0 Å². The van der Waals surface area contributed by atoms with E-state index in [1.54, 1.807) is 6.33 Å². The van der Waals surface area contributed by atoms with Crippen LogP contribution < -0.4 is 5.32 Å². The summed E-state index contributed by atoms with van der Waals surface area (Å²) in [4.78, 5) is 12.3. The first-order valence-corrected chi connectivity index (χ1v) is 8.29. The molecule has 1 fully saturated rings. The molecule has 2 aromatic rings. The topological polar surface area (TPSA) is 59.8 Å². The highest BCUT2D eigenvalue weighted by atomic mass is 16.2. The lowest BCUT2D eigenvalue weighted by atomic mass is 10.0. The Morgan fingerprint density at radius 2 is 2.17 bits per heavy atom. The molecule has 1 N–H and O–H groups in total. The molecule has 2 atom stereocenters. The Bertz CT molecular complexity index is 692. The van der Waals surface area contributed by atoms with Crippen molar-refractivity contribution in [1.82, 2.24) is 20.1 Å². The van der Waals surface area contributed by atoms with E-state index in [1.807, 2.05) is 16.7 Å². The summed E-state index contributed by atoms with van der Waals surface area (Å²) >= 11 is 0. The molecule has 5 heteroatoms. The first-order valence-electron chi connectivity index (χ1n) is 8.29. The van der Waals surface area contributed by atoms with Gasteiger partial charge in [-0.05, 0) is 44.2 Å². The van der Waals surface area contributed by atoms with Crippen LogP contribution in [-0.4, -0.2) is 27.2 Å². The number of amides is 1. The van der Waals surface area contributed by atoms with Gasteiger partial charge in [-0.1, -0.05) is 24.3 Å². The van der Waals surface area contributed by atoms with E-state index >= 15 is 0 Å². The van der Waals surface area contributed by atoms with Crippen LogP contribution >= 0.6 is 0 Å². The Morgan fingerprint density at radius 3 is 2.91 bits per heavy atom. The van der Waals surface area contributed by atoms with Crippen LogP contribution in [0, 0.1) is 12.8 Å². The molecule has 1 aromatic carbocycles. The molecule has 1 amide bonds. The van der Waals surface area contributed by atoms with Crippen molar-refractivity contribution in [2.24, 2.45) is 5.92 Å². The van der Waals surface area contributed by atoms with Crippen LogP contribution in [0.25, 0.3) is 0 Å². The highest BCUT2D eigenvalue weighted by Gasteiger charge is 2.44. The summed E-state index contributed by atoms with van der Waals surface area (Å²) in [5, 5.41) is 11.1. The molecule has 1 saturated carbocycles. The molecule has 0 saturated heterocycles. The van der Waals surface area contributed by atoms with Crippen LogP contribution in [0.5, 0.6) is 0 Å². The average molecular weight is 312 g/mol. The first kappa shape index (κ1) is 15.7. The number of aromatic nitrogens is 3. The molecular formula is C18H24N4O. The molecule has 5 nitrogen and oxygen atoms in total. The van der Waals surface area contributed by atoms with Crippen molar-refractivity contribution in [1.29, 1.82) is 0 Å². The van der Waals surface area contributed by atoms with Gasteiger partial charge in [0.15, 0.2) is 0 Å². The predicted octanol–water partition coefficient (Wildman–Crippen LogP) is 2.63. The van der Waals surface area contributed by atoms with Crippen molar-refractivity contribution in [3.8, 4) is 0 Å². The largest absolute Gasteiger partial charge is 0.355 e. The summed E-state index contributed by atoms with van der Waals surface area (Å²) in [6.45, 7) is 6.92. The van der Waals surface area contributed by atoms with Crippen molar-refractivity contribution in [2.45, 2.75) is 45.6 Å². The van der Waals surface area contributed by atoms with Gasteiger partial charge in [-0.2, -0.15) is 0 Å². The maximum Gasteiger partial charge on any atom is 0.223 e. The summed E-state index contributed by atoms with van der Waals surface area (Å²) in [7, 11) is 0. The van der Waals surface area contributed by atoms with Gasteiger partial charge >= 0.3 is 0 Å². The Labute approximate surface area is 137 Å². The molecule has 0 radical (unpaired) electrons. The minimum absolute atomic E-state index is 0.124. The Hall–Kier alpha value is -2.17. The van der Waals surface area contributed by atoms with Crippen LogP contribution in [0.3, 0.4) is 0 Å². The van der Waals surface area contributed by atoms with Gasteiger partial charge in [0, 0.05) is 24.9 Å². The number of rotatable bonds is 6. The second-order valence-electron chi connectivity index (χ2n) is 6.59. The number of carbonyl (C=O) groups excluding carboxylic acids is 1. The highest BCUT2D eigenvalue weighted by molar-refractivity contribution is 5.83. The molecule has 1 aliphatic carbocycles. The van der Waals surface area contributed by atoms with Crippen molar-refractivity contribution >= 4 is 5.91 Å². The zero-order chi connectivity index (χ0) is 16.4. The monoisotopic (exact) mass is 312 g/mol. The quantitative estimate of drug-likeness (QED) is 0.892. The summed E-state index contributed by atoms with van der Waals surface area (Å²) in [6, 6.07) is 8.68. The Balaban J connectivity index is 1.50. The molecule has 0 spiro atoms. The predicted molar refractivity (Wildman–Crippen MR) is 89.1 cm³/mol. The maximum absolute atomic E-state index is 12.3. The average Bonchev–Trinajstić information content (AvgIpc) is 3.17. The third kappa shape index (κ3) is 3.44. The zero-order valence-corrected chi connectivity index (χ0v) is 14.0. The van der Waals surface area contributed by atoms with Gasteiger partial charge in [-0.25, -0.2) is 0 Å². The van der Waals surface area contributed by atoms with E-state index in [-0.39, 0.29) is 11.8 Å². The summed E-state index contributed by atoms with van der Waals surface area (Å²) < 4.78 is 2.04. The number of carbonyl (C=O) groups is 1. The molecule has 0 unspecified atom stereocenters. The van der Waals surface area contributed by atoms with Crippen LogP contribution in [-0.2, 0) is 11.2 Å². The van der Waals surface area contributed by atoms with Gasteiger partial charge in [-0.15, -0.1) is 10.2 Å². The third-order valence-corrected chi connectivity index (χ3v) is 4.57. The van der Waals surface area contributed by atoms with Gasteiger partial charge < -0.3 is 9.88 Å². The van der Waals surface area contributed by atoms with Gasteiger partial charge in [0.05, 0.1) is 0 Å². The Kier molecular flexibility index (Phi) is 4.46. The van der Waals surface area contributed by atoms with Gasteiger partial charge in [0.2, 0.25) is 5.91 Å². The van der Waals surface area contributed by atoms with Crippen LogP contribution in [0.15, 0.2) is 30.6 Å². The lowest BCUT2D eigenvalue weighted by Gasteiger charge is -2.10. The van der Waals surface area contributed by atoms with Crippen molar-refractivity contribution in [3.63, 3.8) is 0 Å². The summed E-state index contributed by atoms with van der Waals surface area (Å²) in [5.74, 6) is 1.59. The van der Waals surface area contributed by atoms with Crippen molar-refractivity contribution in [2.75, 3.05) is 6.54 Å². The lowest BCUT2D eigenvalue weighted by molar-refractivity contribution is -0.122. The number of nitrogens with zero attached hydrogens (tertiary/aromatic N) is 3. The maximum atomic E-state index is 12.3. The number of hydrogen-bond acceptors (Lipinski definition) is 3. The molecule has 0 bridgehead atoms. The molecular weight excluding hydrogens is 288 g/mol. The van der Waals surface area contributed by atoms with E-state index in [0.717, 1.165) is 12.2 Å². The van der Waals surface area contributed by atoms with E-state index in [4.69, 9.17) is 0 Å². The third-order valence-electron chi connectivity index (χ3n) is 4.57. The second-order valence-corrected chi connectivity index (χ2v) is 6.59. The zero-order valence-electron chi connectivity index (χ0n) is 14.0. The molecule has 1 aliphatic rings. The lowest BCUT2D eigenvalue weighted by Crippen LogP contribution is -2.28. The number of benzene rings is 1. The molecule has 0 aliphatic heterocycles. The van der Waals surface area contributed by atoms with Gasteiger partial charge in [0.25, 0.3) is 0 Å².